The van der Waals surface area contributed by atoms with Crippen molar-refractivity contribution in [3.8, 4) is 0 Å². The summed E-state index contributed by atoms with van der Waals surface area (Å²) in [4.78, 5) is 13.9. The van der Waals surface area contributed by atoms with Crippen molar-refractivity contribution in [2.75, 3.05) is 7.11 Å². The van der Waals surface area contributed by atoms with E-state index in [2.05, 4.69) is 21.3 Å². The molecule has 18 heavy (non-hydrogen) atoms. The number of benzene rings is 1. The zero-order valence-electron chi connectivity index (χ0n) is 9.50. The minimum Gasteiger partial charge on any atom is -0.466 e. The highest BCUT2D eigenvalue weighted by atomic mass is 35.5. The first-order chi connectivity index (χ1) is 8.51. The molecule has 1 atom stereocenters. The van der Waals surface area contributed by atoms with Crippen LogP contribution >= 0.6 is 11.6 Å². The molecule has 0 bridgehead atoms. The quantitative estimate of drug-likeness (QED) is 0.298. The molecule has 0 aromatic heterocycles. The lowest BCUT2D eigenvalue weighted by Gasteiger charge is -2.14. The number of halogens is 1. The second-order valence-corrected chi connectivity index (χ2v) is 3.75. The molecule has 94 valence electrons. The van der Waals surface area contributed by atoms with Crippen LogP contribution < -0.4 is 0 Å². The van der Waals surface area contributed by atoms with Gasteiger partial charge in [0.1, 0.15) is 6.10 Å². The van der Waals surface area contributed by atoms with Gasteiger partial charge < -0.3 is 9.84 Å². The molecule has 1 aromatic rings. The van der Waals surface area contributed by atoms with E-state index in [1.165, 1.54) is 25.3 Å². The standard InChI is InChI=1S/C11H10ClN3O3/c1-6(11(17)18-2)10(16)8-5-7(12)3-4-9(8)14-15-13/h3-5,10,16H,1H2,2H3. The summed E-state index contributed by atoms with van der Waals surface area (Å²) in [5.41, 5.74) is 8.60. The van der Waals surface area contributed by atoms with Crippen LogP contribution in [0.15, 0.2) is 35.5 Å². The number of rotatable bonds is 4. The van der Waals surface area contributed by atoms with Crippen LogP contribution in [0.2, 0.25) is 5.02 Å². The van der Waals surface area contributed by atoms with E-state index >= 15 is 0 Å². The highest BCUT2D eigenvalue weighted by molar-refractivity contribution is 6.30. The third-order valence-electron chi connectivity index (χ3n) is 2.21. The zero-order chi connectivity index (χ0) is 13.7. The lowest BCUT2D eigenvalue weighted by molar-refractivity contribution is -0.137. The Morgan fingerprint density at radius 3 is 2.89 bits per heavy atom. The molecular weight excluding hydrogens is 258 g/mol. The smallest absolute Gasteiger partial charge is 0.336 e. The van der Waals surface area contributed by atoms with Gasteiger partial charge in [0.15, 0.2) is 0 Å². The number of ether oxygens (including phenoxy) is 1. The van der Waals surface area contributed by atoms with Crippen LogP contribution in [-0.4, -0.2) is 18.2 Å². The molecule has 0 saturated heterocycles. The first kappa shape index (κ1) is 14.1. The van der Waals surface area contributed by atoms with E-state index in [1.807, 2.05) is 0 Å². The first-order valence-corrected chi connectivity index (χ1v) is 5.18. The van der Waals surface area contributed by atoms with Gasteiger partial charge in [-0.3, -0.25) is 0 Å². The number of nitrogens with zero attached hydrogens (tertiary/aromatic N) is 3. The summed E-state index contributed by atoms with van der Waals surface area (Å²) in [6.45, 7) is 3.43. The number of esters is 1. The SMILES string of the molecule is C=C(C(=O)OC)C(O)c1cc(Cl)ccc1N=[N+]=[N-]. The summed E-state index contributed by atoms with van der Waals surface area (Å²) in [6, 6.07) is 4.33. The predicted molar refractivity (Wildman–Crippen MR) is 66.4 cm³/mol. The van der Waals surface area contributed by atoms with Crippen LogP contribution in [0, 0.1) is 0 Å². The van der Waals surface area contributed by atoms with E-state index in [-0.39, 0.29) is 16.8 Å². The number of aliphatic hydroxyl groups excluding tert-OH is 1. The van der Waals surface area contributed by atoms with Gasteiger partial charge in [-0.15, -0.1) is 0 Å². The molecular formula is C11H10ClN3O3. The monoisotopic (exact) mass is 267 g/mol. The largest absolute Gasteiger partial charge is 0.466 e. The highest BCUT2D eigenvalue weighted by Gasteiger charge is 2.21. The molecule has 0 heterocycles. The van der Waals surface area contributed by atoms with Crippen molar-refractivity contribution in [3.05, 3.63) is 51.4 Å². The summed E-state index contributed by atoms with van der Waals surface area (Å²) >= 11 is 5.79. The molecule has 1 aromatic carbocycles. The fourth-order valence-corrected chi connectivity index (χ4v) is 1.49. The molecule has 0 aliphatic rings. The number of hydrogen-bond donors (Lipinski definition) is 1. The van der Waals surface area contributed by atoms with Crippen LogP contribution in [-0.2, 0) is 9.53 Å². The Bertz CT molecular complexity index is 538. The molecule has 0 radical (unpaired) electrons. The summed E-state index contributed by atoms with van der Waals surface area (Å²) in [6.07, 6.45) is -1.35. The number of carbonyl (C=O) groups excluding carboxylic acids is 1. The van der Waals surface area contributed by atoms with Gasteiger partial charge in [-0.25, -0.2) is 4.79 Å². The summed E-state index contributed by atoms with van der Waals surface area (Å²) in [5, 5.41) is 13.7. The molecule has 0 aliphatic carbocycles. The first-order valence-electron chi connectivity index (χ1n) is 4.81. The summed E-state index contributed by atoms with van der Waals surface area (Å²) in [5.74, 6) is -0.755. The van der Waals surface area contributed by atoms with Crippen molar-refractivity contribution in [1.82, 2.24) is 0 Å². The summed E-state index contributed by atoms with van der Waals surface area (Å²) < 4.78 is 4.45. The minimum absolute atomic E-state index is 0.166. The number of carbonyl (C=O) groups is 1. The molecule has 1 unspecified atom stereocenters. The molecule has 0 fully saturated rings. The molecule has 0 aliphatic heterocycles. The Balaban J connectivity index is 3.22. The Hall–Kier alpha value is -2.01. The molecule has 0 saturated carbocycles. The van der Waals surface area contributed by atoms with Gasteiger partial charge in [0.2, 0.25) is 0 Å². The van der Waals surface area contributed by atoms with Gasteiger partial charge in [0.25, 0.3) is 0 Å². The molecule has 1 rings (SSSR count). The van der Waals surface area contributed by atoms with Crippen molar-refractivity contribution < 1.29 is 14.6 Å². The number of methoxy groups -OCH3 is 1. The van der Waals surface area contributed by atoms with E-state index in [4.69, 9.17) is 17.1 Å². The fourth-order valence-electron chi connectivity index (χ4n) is 1.31. The van der Waals surface area contributed by atoms with Crippen molar-refractivity contribution in [1.29, 1.82) is 0 Å². The van der Waals surface area contributed by atoms with E-state index in [0.717, 1.165) is 0 Å². The lowest BCUT2D eigenvalue weighted by atomic mass is 10.0. The van der Waals surface area contributed by atoms with Crippen LogP contribution in [0.1, 0.15) is 11.7 Å². The topological polar surface area (TPSA) is 95.3 Å². The van der Waals surface area contributed by atoms with Crippen molar-refractivity contribution >= 4 is 23.3 Å². The Labute approximate surface area is 108 Å². The van der Waals surface area contributed by atoms with Crippen LogP contribution in [0.5, 0.6) is 0 Å². The van der Waals surface area contributed by atoms with Crippen LogP contribution in [0.25, 0.3) is 10.4 Å². The van der Waals surface area contributed by atoms with Gasteiger partial charge in [-0.2, -0.15) is 0 Å². The minimum atomic E-state index is -1.35. The van der Waals surface area contributed by atoms with Crippen LogP contribution in [0.3, 0.4) is 0 Å². The third-order valence-corrected chi connectivity index (χ3v) is 2.45. The van der Waals surface area contributed by atoms with Crippen molar-refractivity contribution in [2.24, 2.45) is 5.11 Å². The molecule has 0 amide bonds. The lowest BCUT2D eigenvalue weighted by Crippen LogP contribution is -2.12. The third kappa shape index (κ3) is 3.01. The number of hydrogen-bond acceptors (Lipinski definition) is 4. The maximum absolute atomic E-state index is 11.3. The fraction of sp³-hybridized carbons (Fsp3) is 0.182. The normalized spacial score (nSPS) is 11.3. The Morgan fingerprint density at radius 2 is 2.33 bits per heavy atom. The maximum Gasteiger partial charge on any atom is 0.336 e. The van der Waals surface area contributed by atoms with Crippen molar-refractivity contribution in [2.45, 2.75) is 6.10 Å². The average molecular weight is 268 g/mol. The average Bonchev–Trinajstić information content (AvgIpc) is 2.38. The second kappa shape index (κ2) is 6.07. The predicted octanol–water partition coefficient (Wildman–Crippen LogP) is 3.04. The van der Waals surface area contributed by atoms with Gasteiger partial charge >= 0.3 is 5.97 Å². The molecule has 0 spiro atoms. The van der Waals surface area contributed by atoms with E-state index in [0.29, 0.717) is 5.02 Å². The second-order valence-electron chi connectivity index (χ2n) is 3.31. The van der Waals surface area contributed by atoms with Crippen molar-refractivity contribution in [3.63, 3.8) is 0 Å². The molecule has 6 nitrogen and oxygen atoms in total. The van der Waals surface area contributed by atoms with Crippen LogP contribution in [0.4, 0.5) is 5.69 Å². The van der Waals surface area contributed by atoms with Gasteiger partial charge in [0.05, 0.1) is 12.7 Å². The van der Waals surface area contributed by atoms with Gasteiger partial charge in [0, 0.05) is 15.6 Å². The van der Waals surface area contributed by atoms with E-state index in [9.17, 15) is 9.90 Å². The highest BCUT2D eigenvalue weighted by Crippen LogP contribution is 2.32. The van der Waals surface area contributed by atoms with Gasteiger partial charge in [-0.05, 0) is 23.2 Å². The maximum atomic E-state index is 11.3. The summed E-state index contributed by atoms with van der Waals surface area (Å²) in [7, 11) is 1.17. The number of aliphatic hydroxyl groups is 1. The van der Waals surface area contributed by atoms with E-state index < -0.39 is 12.1 Å². The Morgan fingerprint density at radius 1 is 1.67 bits per heavy atom. The molecule has 1 N–H and O–H groups in total. The zero-order valence-corrected chi connectivity index (χ0v) is 10.3. The number of azide groups is 1. The molecule has 7 heteroatoms. The Kier molecular flexibility index (Phi) is 4.74. The van der Waals surface area contributed by atoms with Gasteiger partial charge in [-0.1, -0.05) is 29.4 Å². The van der Waals surface area contributed by atoms with E-state index in [1.54, 1.807) is 0 Å².